The fourth-order valence-electron chi connectivity index (χ4n) is 1.55. The second kappa shape index (κ2) is 5.72. The van der Waals surface area contributed by atoms with Crippen molar-refractivity contribution in [1.29, 1.82) is 0 Å². The van der Waals surface area contributed by atoms with Crippen molar-refractivity contribution in [3.8, 4) is 0 Å². The van der Waals surface area contributed by atoms with Crippen molar-refractivity contribution in [3.63, 3.8) is 0 Å². The summed E-state index contributed by atoms with van der Waals surface area (Å²) in [7, 11) is 0. The average Bonchev–Trinajstić information content (AvgIpc) is 2.35. The Balaban J connectivity index is 2.13. The third-order valence-corrected chi connectivity index (χ3v) is 3.59. The number of halogens is 3. The zero-order valence-electron chi connectivity index (χ0n) is 8.91. The Hall–Kier alpha value is -0.760. The first kappa shape index (κ1) is 12.7. The first-order chi connectivity index (χ1) is 8.16. The topological polar surface area (TPSA) is 12.9 Å². The van der Waals surface area contributed by atoms with Crippen molar-refractivity contribution in [3.05, 3.63) is 63.9 Å². The minimum absolute atomic E-state index is 0.110. The van der Waals surface area contributed by atoms with Gasteiger partial charge in [-0.25, -0.2) is 0 Å². The van der Waals surface area contributed by atoms with Gasteiger partial charge in [-0.05, 0) is 35.7 Å². The second-order valence-electron chi connectivity index (χ2n) is 3.71. The van der Waals surface area contributed by atoms with E-state index in [2.05, 4.69) is 4.98 Å². The van der Waals surface area contributed by atoms with E-state index in [1.165, 1.54) is 0 Å². The Morgan fingerprint density at radius 3 is 2.59 bits per heavy atom. The van der Waals surface area contributed by atoms with Crippen LogP contribution in [-0.2, 0) is 6.42 Å². The maximum absolute atomic E-state index is 6.32. The molecule has 1 nitrogen and oxygen atoms in total. The van der Waals surface area contributed by atoms with E-state index in [-0.39, 0.29) is 5.38 Å². The number of hydrogen-bond acceptors (Lipinski definition) is 1. The summed E-state index contributed by atoms with van der Waals surface area (Å²) in [5, 5.41) is 1.00. The molecular weight excluding hydrogens is 277 g/mol. The van der Waals surface area contributed by atoms with Gasteiger partial charge in [-0.3, -0.25) is 4.98 Å². The SMILES string of the molecule is Clc1ccc(CC(Cl)c2cccnc2)cc1Cl. The van der Waals surface area contributed by atoms with Gasteiger partial charge in [0.15, 0.2) is 0 Å². The molecule has 0 aliphatic heterocycles. The van der Waals surface area contributed by atoms with E-state index < -0.39 is 0 Å². The van der Waals surface area contributed by atoms with Gasteiger partial charge in [-0.2, -0.15) is 0 Å². The molecule has 88 valence electrons. The van der Waals surface area contributed by atoms with Gasteiger partial charge in [-0.1, -0.05) is 35.3 Å². The lowest BCUT2D eigenvalue weighted by molar-refractivity contribution is 0.911. The van der Waals surface area contributed by atoms with Crippen LogP contribution in [0, 0.1) is 0 Å². The van der Waals surface area contributed by atoms with Gasteiger partial charge in [0.1, 0.15) is 0 Å². The van der Waals surface area contributed by atoms with E-state index in [0.29, 0.717) is 16.5 Å². The number of pyridine rings is 1. The molecule has 0 radical (unpaired) electrons. The van der Waals surface area contributed by atoms with Crippen molar-refractivity contribution in [1.82, 2.24) is 4.98 Å². The van der Waals surface area contributed by atoms with Gasteiger partial charge < -0.3 is 0 Å². The average molecular weight is 287 g/mol. The number of rotatable bonds is 3. The Morgan fingerprint density at radius 2 is 1.94 bits per heavy atom. The lowest BCUT2D eigenvalue weighted by atomic mass is 10.1. The quantitative estimate of drug-likeness (QED) is 0.731. The highest BCUT2D eigenvalue weighted by atomic mass is 35.5. The zero-order valence-corrected chi connectivity index (χ0v) is 11.2. The first-order valence-electron chi connectivity index (χ1n) is 5.15. The van der Waals surface area contributed by atoms with Crippen LogP contribution < -0.4 is 0 Å². The van der Waals surface area contributed by atoms with E-state index in [1.807, 2.05) is 24.3 Å². The molecule has 0 saturated carbocycles. The molecule has 0 fully saturated rings. The van der Waals surface area contributed by atoms with Crippen LogP contribution in [0.4, 0.5) is 0 Å². The van der Waals surface area contributed by atoms with Crippen LogP contribution in [0.2, 0.25) is 10.0 Å². The first-order valence-corrected chi connectivity index (χ1v) is 6.34. The predicted molar refractivity (Wildman–Crippen MR) is 73.0 cm³/mol. The molecule has 0 spiro atoms. The summed E-state index contributed by atoms with van der Waals surface area (Å²) in [5.41, 5.74) is 2.06. The van der Waals surface area contributed by atoms with Gasteiger partial charge in [0.05, 0.1) is 15.4 Å². The smallest absolute Gasteiger partial charge is 0.0640 e. The molecule has 0 N–H and O–H groups in total. The molecule has 0 aliphatic carbocycles. The Morgan fingerprint density at radius 1 is 1.12 bits per heavy atom. The molecule has 0 aliphatic rings. The number of aromatic nitrogens is 1. The second-order valence-corrected chi connectivity index (χ2v) is 5.05. The third-order valence-electron chi connectivity index (χ3n) is 2.45. The largest absolute Gasteiger partial charge is 0.264 e. The molecule has 2 rings (SSSR count). The molecule has 2 aromatic rings. The fraction of sp³-hybridized carbons (Fsp3) is 0.154. The van der Waals surface area contributed by atoms with Crippen LogP contribution in [0.5, 0.6) is 0 Å². The normalized spacial score (nSPS) is 12.4. The molecule has 4 heteroatoms. The van der Waals surface area contributed by atoms with E-state index in [1.54, 1.807) is 18.5 Å². The molecule has 1 unspecified atom stereocenters. The maximum atomic E-state index is 6.32. The van der Waals surface area contributed by atoms with Gasteiger partial charge >= 0.3 is 0 Å². The van der Waals surface area contributed by atoms with Crippen molar-refractivity contribution in [2.45, 2.75) is 11.8 Å². The summed E-state index contributed by atoms with van der Waals surface area (Å²) in [6.45, 7) is 0. The molecule has 1 heterocycles. The summed E-state index contributed by atoms with van der Waals surface area (Å²) >= 11 is 18.1. The van der Waals surface area contributed by atoms with Gasteiger partial charge in [0, 0.05) is 12.4 Å². The molecule has 1 atom stereocenters. The zero-order chi connectivity index (χ0) is 12.3. The Kier molecular flexibility index (Phi) is 4.27. The van der Waals surface area contributed by atoms with Crippen LogP contribution in [-0.4, -0.2) is 4.98 Å². The standard InChI is InChI=1S/C13H10Cl3N/c14-11-4-3-9(7-13(11)16)6-12(15)10-2-1-5-17-8-10/h1-5,7-8,12H,6H2. The van der Waals surface area contributed by atoms with Crippen LogP contribution in [0.25, 0.3) is 0 Å². The minimum Gasteiger partial charge on any atom is -0.264 e. The Bertz CT molecular complexity index is 499. The monoisotopic (exact) mass is 285 g/mol. The highest BCUT2D eigenvalue weighted by Crippen LogP contribution is 2.28. The van der Waals surface area contributed by atoms with Crippen LogP contribution in [0.15, 0.2) is 42.7 Å². The highest BCUT2D eigenvalue weighted by molar-refractivity contribution is 6.42. The van der Waals surface area contributed by atoms with E-state index in [0.717, 1.165) is 11.1 Å². The maximum Gasteiger partial charge on any atom is 0.0640 e. The highest BCUT2D eigenvalue weighted by Gasteiger charge is 2.09. The van der Waals surface area contributed by atoms with Crippen molar-refractivity contribution in [2.24, 2.45) is 0 Å². The van der Waals surface area contributed by atoms with E-state index in [4.69, 9.17) is 34.8 Å². The molecule has 1 aromatic carbocycles. The Labute approximate surface area is 115 Å². The summed E-state index contributed by atoms with van der Waals surface area (Å²) < 4.78 is 0. The van der Waals surface area contributed by atoms with Gasteiger partial charge in [0.25, 0.3) is 0 Å². The summed E-state index contributed by atoms with van der Waals surface area (Å²) in [6, 6.07) is 9.39. The molecule has 1 aromatic heterocycles. The third kappa shape index (κ3) is 3.35. The lowest BCUT2D eigenvalue weighted by Gasteiger charge is -2.10. The van der Waals surface area contributed by atoms with Gasteiger partial charge in [0.2, 0.25) is 0 Å². The van der Waals surface area contributed by atoms with Crippen LogP contribution in [0.3, 0.4) is 0 Å². The molecule has 0 saturated heterocycles. The van der Waals surface area contributed by atoms with Crippen molar-refractivity contribution in [2.75, 3.05) is 0 Å². The van der Waals surface area contributed by atoms with E-state index >= 15 is 0 Å². The van der Waals surface area contributed by atoms with Gasteiger partial charge in [-0.15, -0.1) is 11.6 Å². The van der Waals surface area contributed by atoms with Crippen molar-refractivity contribution >= 4 is 34.8 Å². The van der Waals surface area contributed by atoms with Crippen molar-refractivity contribution < 1.29 is 0 Å². The molecular formula is C13H10Cl3N. The summed E-state index contributed by atoms with van der Waals surface area (Å²) in [4.78, 5) is 4.05. The lowest BCUT2D eigenvalue weighted by Crippen LogP contribution is -1.96. The van der Waals surface area contributed by atoms with Crippen LogP contribution >= 0.6 is 34.8 Å². The van der Waals surface area contributed by atoms with Crippen LogP contribution in [0.1, 0.15) is 16.5 Å². The molecule has 0 amide bonds. The number of hydrogen-bond donors (Lipinski definition) is 0. The summed E-state index contributed by atoms with van der Waals surface area (Å²) in [6.07, 6.45) is 4.20. The number of alkyl halides is 1. The minimum atomic E-state index is -0.110. The molecule has 17 heavy (non-hydrogen) atoms. The van der Waals surface area contributed by atoms with E-state index in [9.17, 15) is 0 Å². The molecule has 0 bridgehead atoms. The summed E-state index contributed by atoms with van der Waals surface area (Å²) in [5.74, 6) is 0. The predicted octanol–water partition coefficient (Wildman–Crippen LogP) is 4.91. The number of benzene rings is 1. The number of nitrogens with zero attached hydrogens (tertiary/aromatic N) is 1. The fourth-order valence-corrected chi connectivity index (χ4v) is 2.18.